The number of hydrogen-bond acceptors (Lipinski definition) is 4. The molecular weight excluding hydrogens is 310 g/mol. The minimum absolute atomic E-state index is 0.252. The molecule has 19 heavy (non-hydrogen) atoms. The normalized spacial score (nSPS) is 13.0. The molecule has 108 valence electrons. The second kappa shape index (κ2) is 7.17. The first-order valence-corrected chi connectivity index (χ1v) is 7.24. The van der Waals surface area contributed by atoms with Gasteiger partial charge in [0.05, 0.1) is 22.8 Å². The fourth-order valence-electron chi connectivity index (χ4n) is 1.81. The van der Waals surface area contributed by atoms with Crippen LogP contribution in [0.3, 0.4) is 0 Å². The SMILES string of the molecule is Cc1nc(=O)n(CC(O)CNCC(C)C)c(C)c1Br. The summed E-state index contributed by atoms with van der Waals surface area (Å²) in [5.41, 5.74) is 1.15. The van der Waals surface area contributed by atoms with Gasteiger partial charge in [-0.15, -0.1) is 0 Å². The molecule has 6 heteroatoms. The van der Waals surface area contributed by atoms with Crippen LogP contribution in [-0.4, -0.2) is 33.9 Å². The average molecular weight is 332 g/mol. The van der Waals surface area contributed by atoms with E-state index in [4.69, 9.17) is 0 Å². The van der Waals surface area contributed by atoms with Gasteiger partial charge < -0.3 is 10.4 Å². The minimum atomic E-state index is -0.605. The molecule has 0 saturated carbocycles. The smallest absolute Gasteiger partial charge is 0.348 e. The van der Waals surface area contributed by atoms with Crippen LogP contribution in [0, 0.1) is 19.8 Å². The number of nitrogens with one attached hydrogen (secondary N) is 1. The van der Waals surface area contributed by atoms with Crippen LogP contribution in [0.25, 0.3) is 0 Å². The van der Waals surface area contributed by atoms with Gasteiger partial charge >= 0.3 is 5.69 Å². The molecule has 1 heterocycles. The first-order valence-electron chi connectivity index (χ1n) is 6.45. The Kier molecular flexibility index (Phi) is 6.16. The van der Waals surface area contributed by atoms with Crippen molar-refractivity contribution in [1.29, 1.82) is 0 Å². The Balaban J connectivity index is 2.72. The van der Waals surface area contributed by atoms with Crippen molar-refractivity contribution in [3.8, 4) is 0 Å². The van der Waals surface area contributed by atoms with Crippen molar-refractivity contribution in [3.05, 3.63) is 26.3 Å². The van der Waals surface area contributed by atoms with Gasteiger partial charge in [-0.2, -0.15) is 4.98 Å². The monoisotopic (exact) mass is 331 g/mol. The van der Waals surface area contributed by atoms with Crippen LogP contribution in [0.5, 0.6) is 0 Å². The van der Waals surface area contributed by atoms with Crippen LogP contribution in [0.2, 0.25) is 0 Å². The molecule has 0 aliphatic carbocycles. The predicted molar refractivity (Wildman–Crippen MR) is 79.4 cm³/mol. The number of aliphatic hydroxyl groups excluding tert-OH is 1. The van der Waals surface area contributed by atoms with Gasteiger partial charge in [0.15, 0.2) is 0 Å². The van der Waals surface area contributed by atoms with E-state index in [0.717, 1.165) is 16.7 Å². The van der Waals surface area contributed by atoms with Gasteiger partial charge in [-0.25, -0.2) is 4.79 Å². The van der Waals surface area contributed by atoms with Gasteiger partial charge in [0, 0.05) is 12.2 Å². The molecule has 0 bridgehead atoms. The van der Waals surface area contributed by atoms with Crippen LogP contribution in [-0.2, 0) is 6.54 Å². The number of halogens is 1. The zero-order valence-corrected chi connectivity index (χ0v) is 13.5. The molecule has 0 aliphatic rings. The zero-order chi connectivity index (χ0) is 14.6. The Morgan fingerprint density at radius 2 is 2.00 bits per heavy atom. The van der Waals surface area contributed by atoms with Crippen LogP contribution in [0.1, 0.15) is 25.2 Å². The van der Waals surface area contributed by atoms with E-state index in [2.05, 4.69) is 40.1 Å². The summed E-state index contributed by atoms with van der Waals surface area (Å²) in [7, 11) is 0. The lowest BCUT2D eigenvalue weighted by atomic mass is 10.2. The summed E-state index contributed by atoms with van der Waals surface area (Å²) >= 11 is 3.41. The third-order valence-corrected chi connectivity index (χ3v) is 4.01. The summed E-state index contributed by atoms with van der Waals surface area (Å²) in [6.07, 6.45) is -0.605. The topological polar surface area (TPSA) is 67.2 Å². The standard InChI is InChI=1S/C13H22BrN3O2/c1-8(2)5-15-6-11(18)7-17-10(4)12(14)9(3)16-13(17)19/h8,11,15,18H,5-7H2,1-4H3. The molecule has 1 aromatic rings. The molecule has 1 unspecified atom stereocenters. The number of rotatable bonds is 6. The highest BCUT2D eigenvalue weighted by Gasteiger charge is 2.13. The Bertz CT molecular complexity index is 486. The molecule has 5 nitrogen and oxygen atoms in total. The highest BCUT2D eigenvalue weighted by atomic mass is 79.9. The van der Waals surface area contributed by atoms with Crippen molar-refractivity contribution in [2.45, 2.75) is 40.3 Å². The van der Waals surface area contributed by atoms with E-state index < -0.39 is 6.10 Å². The number of aliphatic hydroxyl groups is 1. The van der Waals surface area contributed by atoms with Crippen molar-refractivity contribution < 1.29 is 5.11 Å². The van der Waals surface area contributed by atoms with Crippen molar-refractivity contribution in [2.24, 2.45) is 5.92 Å². The summed E-state index contributed by atoms with van der Waals surface area (Å²) in [6, 6.07) is 0. The van der Waals surface area contributed by atoms with Gasteiger partial charge in [0.25, 0.3) is 0 Å². The lowest BCUT2D eigenvalue weighted by Crippen LogP contribution is -2.37. The summed E-state index contributed by atoms with van der Waals surface area (Å²) in [5, 5.41) is 13.1. The number of aromatic nitrogens is 2. The molecule has 0 spiro atoms. The molecular formula is C13H22BrN3O2. The zero-order valence-electron chi connectivity index (χ0n) is 11.9. The molecule has 0 aromatic carbocycles. The molecule has 2 N–H and O–H groups in total. The van der Waals surface area contributed by atoms with Crippen LogP contribution in [0.15, 0.2) is 9.27 Å². The van der Waals surface area contributed by atoms with E-state index in [1.165, 1.54) is 4.57 Å². The molecule has 0 aliphatic heterocycles. The Labute approximate surface area is 122 Å². The first-order chi connectivity index (χ1) is 8.82. The molecule has 0 fully saturated rings. The van der Waals surface area contributed by atoms with Crippen molar-refractivity contribution >= 4 is 15.9 Å². The molecule has 0 amide bonds. The third-order valence-electron chi connectivity index (χ3n) is 2.86. The first kappa shape index (κ1) is 16.3. The lowest BCUT2D eigenvalue weighted by Gasteiger charge is -2.17. The Morgan fingerprint density at radius 1 is 1.37 bits per heavy atom. The van der Waals surface area contributed by atoms with Crippen LogP contribution >= 0.6 is 15.9 Å². The van der Waals surface area contributed by atoms with Gasteiger partial charge in [0.1, 0.15) is 0 Å². The fourth-order valence-corrected chi connectivity index (χ4v) is 2.11. The summed E-state index contributed by atoms with van der Waals surface area (Å²) in [6.45, 7) is 9.40. The van der Waals surface area contributed by atoms with E-state index in [-0.39, 0.29) is 12.2 Å². The van der Waals surface area contributed by atoms with E-state index in [1.807, 2.05) is 6.92 Å². The molecule has 1 atom stereocenters. The fraction of sp³-hybridized carbons (Fsp3) is 0.692. The number of nitrogens with zero attached hydrogens (tertiary/aromatic N) is 2. The van der Waals surface area contributed by atoms with Crippen molar-refractivity contribution in [3.63, 3.8) is 0 Å². The quantitative estimate of drug-likeness (QED) is 0.822. The van der Waals surface area contributed by atoms with E-state index >= 15 is 0 Å². The lowest BCUT2D eigenvalue weighted by molar-refractivity contribution is 0.147. The predicted octanol–water partition coefficient (Wildman–Crippen LogP) is 1.23. The van der Waals surface area contributed by atoms with Crippen molar-refractivity contribution in [2.75, 3.05) is 13.1 Å². The van der Waals surface area contributed by atoms with Crippen LogP contribution in [0.4, 0.5) is 0 Å². The van der Waals surface area contributed by atoms with E-state index in [9.17, 15) is 9.90 Å². The maximum Gasteiger partial charge on any atom is 0.348 e. The van der Waals surface area contributed by atoms with E-state index in [1.54, 1.807) is 6.92 Å². The molecule has 1 rings (SSSR count). The minimum Gasteiger partial charge on any atom is -0.390 e. The Morgan fingerprint density at radius 3 is 2.58 bits per heavy atom. The van der Waals surface area contributed by atoms with Gasteiger partial charge in [-0.05, 0) is 42.2 Å². The number of hydrogen-bond donors (Lipinski definition) is 2. The molecule has 0 radical (unpaired) electrons. The van der Waals surface area contributed by atoms with Crippen LogP contribution < -0.4 is 11.0 Å². The second-order valence-corrected chi connectivity index (χ2v) is 5.99. The third kappa shape index (κ3) is 4.71. The van der Waals surface area contributed by atoms with Crippen molar-refractivity contribution in [1.82, 2.24) is 14.9 Å². The second-order valence-electron chi connectivity index (χ2n) is 5.20. The summed E-state index contributed by atoms with van der Waals surface area (Å²) in [4.78, 5) is 15.8. The number of aryl methyl sites for hydroxylation is 1. The Hall–Kier alpha value is -0.720. The molecule has 1 aromatic heterocycles. The largest absolute Gasteiger partial charge is 0.390 e. The highest BCUT2D eigenvalue weighted by molar-refractivity contribution is 9.10. The average Bonchev–Trinajstić information content (AvgIpc) is 2.31. The summed E-state index contributed by atoms with van der Waals surface area (Å²) < 4.78 is 2.31. The highest BCUT2D eigenvalue weighted by Crippen LogP contribution is 2.16. The van der Waals surface area contributed by atoms with Gasteiger partial charge in [-0.1, -0.05) is 13.8 Å². The van der Waals surface area contributed by atoms with Gasteiger partial charge in [-0.3, -0.25) is 4.57 Å². The maximum atomic E-state index is 11.8. The van der Waals surface area contributed by atoms with E-state index in [0.29, 0.717) is 18.2 Å². The maximum absolute atomic E-state index is 11.8. The molecule has 0 saturated heterocycles. The summed E-state index contributed by atoms with van der Waals surface area (Å²) in [5.74, 6) is 0.534. The van der Waals surface area contributed by atoms with Gasteiger partial charge in [0.2, 0.25) is 0 Å².